The van der Waals surface area contributed by atoms with E-state index in [1.165, 1.54) is 0 Å². The molecule has 1 aromatic carbocycles. The number of nitrogens with zero attached hydrogens (tertiary/aromatic N) is 2. The number of aromatic nitrogens is 2. The summed E-state index contributed by atoms with van der Waals surface area (Å²) in [7, 11) is 0. The van der Waals surface area contributed by atoms with Crippen molar-refractivity contribution >= 4 is 22.7 Å². The van der Waals surface area contributed by atoms with Crippen LogP contribution in [-0.4, -0.2) is 26.4 Å². The van der Waals surface area contributed by atoms with Crippen LogP contribution in [0.1, 0.15) is 20.3 Å². The molecule has 1 aromatic heterocycles. The molecule has 1 N–H and O–H groups in total. The zero-order valence-corrected chi connectivity index (χ0v) is 10.9. The molecule has 0 aliphatic carbocycles. The third-order valence-corrected chi connectivity index (χ3v) is 4.15. The van der Waals surface area contributed by atoms with E-state index in [-0.39, 0.29) is 0 Å². The predicted molar refractivity (Wildman–Crippen MR) is 71.2 cm³/mol. The Morgan fingerprint density at radius 3 is 2.82 bits per heavy atom. The second-order valence-electron chi connectivity index (χ2n) is 4.34. The van der Waals surface area contributed by atoms with Crippen LogP contribution in [-0.2, 0) is 0 Å². The van der Waals surface area contributed by atoms with E-state index < -0.39 is 5.60 Å². The number of hydrogen-bond acceptors (Lipinski definition) is 4. The van der Waals surface area contributed by atoms with Gasteiger partial charge < -0.3 is 5.11 Å². The third kappa shape index (κ3) is 2.96. The van der Waals surface area contributed by atoms with Gasteiger partial charge in [-0.05, 0) is 19.4 Å². The first kappa shape index (κ1) is 12.3. The van der Waals surface area contributed by atoms with Gasteiger partial charge in [0.1, 0.15) is 11.4 Å². The van der Waals surface area contributed by atoms with Gasteiger partial charge in [0.2, 0.25) is 0 Å². The lowest BCUT2D eigenvalue weighted by Crippen LogP contribution is -2.25. The fourth-order valence-electron chi connectivity index (χ4n) is 1.42. The second-order valence-corrected chi connectivity index (χ2v) is 5.30. The first-order valence-electron chi connectivity index (χ1n) is 5.67. The molecular formula is C13H16N2OS. The summed E-state index contributed by atoms with van der Waals surface area (Å²) >= 11 is 1.58. The summed E-state index contributed by atoms with van der Waals surface area (Å²) in [6.07, 6.45) is 2.31. The van der Waals surface area contributed by atoms with Gasteiger partial charge in [-0.1, -0.05) is 25.1 Å². The monoisotopic (exact) mass is 248 g/mol. The molecule has 0 saturated carbocycles. The van der Waals surface area contributed by atoms with Gasteiger partial charge in [-0.15, -0.1) is 11.8 Å². The number of para-hydroxylation sites is 1. The average Bonchev–Trinajstić information content (AvgIpc) is 2.36. The van der Waals surface area contributed by atoms with E-state index in [4.69, 9.17) is 0 Å². The van der Waals surface area contributed by atoms with Gasteiger partial charge in [-0.25, -0.2) is 9.97 Å². The molecule has 0 amide bonds. The van der Waals surface area contributed by atoms with Crippen molar-refractivity contribution in [2.75, 3.05) is 5.75 Å². The highest BCUT2D eigenvalue weighted by Crippen LogP contribution is 2.27. The summed E-state index contributed by atoms with van der Waals surface area (Å²) in [5, 5.41) is 12.0. The number of hydrogen-bond donors (Lipinski definition) is 1. The molecule has 0 saturated heterocycles. The Bertz CT molecular complexity index is 508. The van der Waals surface area contributed by atoms with E-state index in [2.05, 4.69) is 9.97 Å². The number of aliphatic hydroxyl groups is 1. The highest BCUT2D eigenvalue weighted by atomic mass is 32.2. The Morgan fingerprint density at radius 2 is 2.06 bits per heavy atom. The molecule has 90 valence electrons. The molecule has 17 heavy (non-hydrogen) atoms. The zero-order valence-electron chi connectivity index (χ0n) is 10.1. The normalized spacial score (nSPS) is 14.8. The van der Waals surface area contributed by atoms with Crippen molar-refractivity contribution in [2.45, 2.75) is 30.9 Å². The van der Waals surface area contributed by atoms with Crippen LogP contribution >= 0.6 is 11.8 Å². The Labute approximate surface area is 105 Å². The van der Waals surface area contributed by atoms with E-state index in [0.29, 0.717) is 5.75 Å². The minimum atomic E-state index is -0.642. The Kier molecular flexibility index (Phi) is 3.64. The van der Waals surface area contributed by atoms with Crippen LogP contribution in [0.5, 0.6) is 0 Å². The van der Waals surface area contributed by atoms with E-state index >= 15 is 0 Å². The largest absolute Gasteiger partial charge is 0.389 e. The van der Waals surface area contributed by atoms with Crippen LogP contribution in [0.25, 0.3) is 10.9 Å². The molecule has 0 spiro atoms. The summed E-state index contributed by atoms with van der Waals surface area (Å²) in [5.41, 5.74) is 0.303. The quantitative estimate of drug-likeness (QED) is 0.667. The predicted octanol–water partition coefficient (Wildman–Crippen LogP) is 2.88. The van der Waals surface area contributed by atoms with Crippen molar-refractivity contribution in [2.24, 2.45) is 0 Å². The van der Waals surface area contributed by atoms with Crippen LogP contribution in [0.2, 0.25) is 0 Å². The van der Waals surface area contributed by atoms with Crippen LogP contribution in [0.15, 0.2) is 35.6 Å². The topological polar surface area (TPSA) is 46.0 Å². The first-order chi connectivity index (χ1) is 8.12. The van der Waals surface area contributed by atoms with Gasteiger partial charge in [-0.2, -0.15) is 0 Å². The van der Waals surface area contributed by atoms with Crippen molar-refractivity contribution in [3.63, 3.8) is 0 Å². The van der Waals surface area contributed by atoms with Gasteiger partial charge in [0, 0.05) is 11.1 Å². The summed E-state index contributed by atoms with van der Waals surface area (Å²) < 4.78 is 0. The maximum Gasteiger partial charge on any atom is 0.117 e. The Morgan fingerprint density at radius 1 is 1.29 bits per heavy atom. The SMILES string of the molecule is CCC(C)(O)CSc1ncnc2ccccc12. The van der Waals surface area contributed by atoms with Crippen molar-refractivity contribution in [1.29, 1.82) is 0 Å². The number of thioether (sulfide) groups is 1. The molecule has 3 nitrogen and oxygen atoms in total. The summed E-state index contributed by atoms with van der Waals surface area (Å²) in [6.45, 7) is 3.84. The lowest BCUT2D eigenvalue weighted by atomic mass is 10.1. The minimum absolute atomic E-state index is 0.642. The molecule has 1 unspecified atom stereocenters. The molecule has 0 aliphatic rings. The Hall–Kier alpha value is -1.13. The zero-order chi connectivity index (χ0) is 12.3. The van der Waals surface area contributed by atoms with E-state index in [1.54, 1.807) is 18.1 Å². The van der Waals surface area contributed by atoms with Crippen molar-refractivity contribution < 1.29 is 5.11 Å². The fraction of sp³-hybridized carbons (Fsp3) is 0.385. The molecule has 1 atom stereocenters. The molecule has 2 aromatic rings. The average molecular weight is 248 g/mol. The summed E-state index contributed by atoms with van der Waals surface area (Å²) in [4.78, 5) is 8.50. The van der Waals surface area contributed by atoms with Crippen LogP contribution < -0.4 is 0 Å². The third-order valence-electron chi connectivity index (χ3n) is 2.79. The van der Waals surface area contributed by atoms with E-state index in [0.717, 1.165) is 22.3 Å². The van der Waals surface area contributed by atoms with Gasteiger partial charge >= 0.3 is 0 Å². The van der Waals surface area contributed by atoms with E-state index in [1.807, 2.05) is 38.1 Å². The molecule has 0 fully saturated rings. The van der Waals surface area contributed by atoms with Crippen LogP contribution in [0, 0.1) is 0 Å². The standard InChI is InChI=1S/C13H16N2OS/c1-3-13(2,16)8-17-12-10-6-4-5-7-11(10)14-9-15-12/h4-7,9,16H,3,8H2,1-2H3. The van der Waals surface area contributed by atoms with Crippen molar-refractivity contribution in [1.82, 2.24) is 9.97 Å². The maximum absolute atomic E-state index is 9.99. The molecular weight excluding hydrogens is 232 g/mol. The van der Waals surface area contributed by atoms with Crippen LogP contribution in [0.3, 0.4) is 0 Å². The number of rotatable bonds is 4. The molecule has 1 heterocycles. The van der Waals surface area contributed by atoms with Crippen LogP contribution in [0.4, 0.5) is 0 Å². The van der Waals surface area contributed by atoms with E-state index in [9.17, 15) is 5.11 Å². The molecule has 2 rings (SSSR count). The molecule has 4 heteroatoms. The lowest BCUT2D eigenvalue weighted by molar-refractivity contribution is 0.0816. The van der Waals surface area contributed by atoms with Crippen molar-refractivity contribution in [3.8, 4) is 0 Å². The highest BCUT2D eigenvalue weighted by Gasteiger charge is 2.18. The molecule has 0 bridgehead atoms. The minimum Gasteiger partial charge on any atom is -0.389 e. The van der Waals surface area contributed by atoms with Crippen molar-refractivity contribution in [3.05, 3.63) is 30.6 Å². The lowest BCUT2D eigenvalue weighted by Gasteiger charge is -2.20. The highest BCUT2D eigenvalue weighted by molar-refractivity contribution is 7.99. The number of fused-ring (bicyclic) bond motifs is 1. The maximum atomic E-state index is 9.99. The summed E-state index contributed by atoms with van der Waals surface area (Å²) in [5.74, 6) is 0.643. The van der Waals surface area contributed by atoms with Gasteiger partial charge in [0.15, 0.2) is 0 Å². The molecule has 0 radical (unpaired) electrons. The van der Waals surface area contributed by atoms with Gasteiger partial charge in [-0.3, -0.25) is 0 Å². The smallest absolute Gasteiger partial charge is 0.117 e. The second kappa shape index (κ2) is 5.02. The fourth-order valence-corrected chi connectivity index (χ4v) is 2.52. The van der Waals surface area contributed by atoms with Gasteiger partial charge in [0.05, 0.1) is 11.1 Å². The van der Waals surface area contributed by atoms with Gasteiger partial charge in [0.25, 0.3) is 0 Å². The number of benzene rings is 1. The first-order valence-corrected chi connectivity index (χ1v) is 6.66. The Balaban J connectivity index is 2.24. The molecule has 0 aliphatic heterocycles. The summed E-state index contributed by atoms with van der Waals surface area (Å²) in [6, 6.07) is 7.93.